The van der Waals surface area contributed by atoms with Crippen molar-refractivity contribution in [2.75, 3.05) is 4.43 Å². The van der Waals surface area contributed by atoms with Crippen molar-refractivity contribution >= 4 is 22.6 Å². The van der Waals surface area contributed by atoms with Gasteiger partial charge in [-0.2, -0.15) is 0 Å². The maximum atomic E-state index is 9.26. The minimum atomic E-state index is -0.937. The van der Waals surface area contributed by atoms with E-state index in [1.165, 1.54) is 0 Å². The topological polar surface area (TPSA) is 69.9 Å². The van der Waals surface area contributed by atoms with Crippen LogP contribution < -0.4 is 0 Å². The van der Waals surface area contributed by atoms with Gasteiger partial charge in [0.2, 0.25) is 0 Å². The Balaban J connectivity index is 2.51. The normalized spacial score (nSPS) is 45.8. The molecule has 0 bridgehead atoms. The average molecular weight is 274 g/mol. The molecule has 0 amide bonds. The summed E-state index contributed by atoms with van der Waals surface area (Å²) in [5.41, 5.74) is 0. The van der Waals surface area contributed by atoms with Gasteiger partial charge < -0.3 is 20.1 Å². The molecule has 1 fully saturated rings. The smallest absolute Gasteiger partial charge is 0.157 e. The highest BCUT2D eigenvalue weighted by atomic mass is 127. The van der Waals surface area contributed by atoms with Gasteiger partial charge >= 0.3 is 0 Å². The van der Waals surface area contributed by atoms with Gasteiger partial charge in [0.1, 0.15) is 6.10 Å². The van der Waals surface area contributed by atoms with Crippen molar-refractivity contribution < 1.29 is 20.1 Å². The monoisotopic (exact) mass is 274 g/mol. The Hall–Kier alpha value is 0.570. The van der Waals surface area contributed by atoms with Gasteiger partial charge in [-0.3, -0.25) is 0 Å². The second kappa shape index (κ2) is 3.99. The number of halogens is 1. The summed E-state index contributed by atoms with van der Waals surface area (Å²) in [5, 5.41) is 27.4. The molecular weight excluding hydrogens is 263 g/mol. The molecule has 0 aromatic carbocycles. The lowest BCUT2D eigenvalue weighted by Crippen LogP contribution is -2.48. The van der Waals surface area contributed by atoms with Crippen molar-refractivity contribution in [3.8, 4) is 0 Å². The minimum absolute atomic E-state index is 0.0916. The summed E-state index contributed by atoms with van der Waals surface area (Å²) < 4.78 is 5.52. The lowest BCUT2D eigenvalue weighted by molar-refractivity contribution is -0.224. The predicted octanol–water partition coefficient (Wildman–Crippen LogP) is -0.750. The van der Waals surface area contributed by atoms with E-state index >= 15 is 0 Å². The number of hydrogen-bond donors (Lipinski definition) is 3. The Kier molecular flexibility index (Phi) is 3.51. The fraction of sp³-hybridized carbons (Fsp3) is 1.00. The molecule has 0 radical (unpaired) electrons. The Labute approximate surface area is 78.3 Å². The van der Waals surface area contributed by atoms with Gasteiger partial charge in [0.15, 0.2) is 6.29 Å². The van der Waals surface area contributed by atoms with Crippen LogP contribution in [0.15, 0.2) is 0 Å². The van der Waals surface area contributed by atoms with Gasteiger partial charge in [-0.25, -0.2) is 0 Å². The fourth-order valence-electron chi connectivity index (χ4n) is 1.06. The van der Waals surface area contributed by atoms with Crippen LogP contribution in [0.3, 0.4) is 0 Å². The predicted molar refractivity (Wildman–Crippen MR) is 46.4 cm³/mol. The van der Waals surface area contributed by atoms with Crippen molar-refractivity contribution in [1.29, 1.82) is 0 Å². The van der Waals surface area contributed by atoms with E-state index in [1.54, 1.807) is 0 Å². The van der Waals surface area contributed by atoms with Gasteiger partial charge in [0, 0.05) is 10.8 Å². The third-order valence-corrected chi connectivity index (χ3v) is 2.57. The van der Waals surface area contributed by atoms with E-state index < -0.39 is 24.6 Å². The Morgan fingerprint density at radius 1 is 1.36 bits per heavy atom. The first kappa shape index (κ1) is 9.66. The van der Waals surface area contributed by atoms with Crippen LogP contribution in [-0.4, -0.2) is 44.3 Å². The fourth-order valence-corrected chi connectivity index (χ4v) is 1.79. The third-order valence-electron chi connectivity index (χ3n) is 1.70. The quantitative estimate of drug-likeness (QED) is 0.435. The molecule has 1 rings (SSSR count). The van der Waals surface area contributed by atoms with Crippen molar-refractivity contribution in [3.05, 3.63) is 0 Å². The van der Waals surface area contributed by atoms with Crippen LogP contribution in [0.1, 0.15) is 6.42 Å². The number of ether oxygens (including phenoxy) is 1. The second-order valence-electron chi connectivity index (χ2n) is 2.58. The summed E-state index contributed by atoms with van der Waals surface area (Å²) in [7, 11) is 0. The Morgan fingerprint density at radius 3 is 2.55 bits per heavy atom. The molecule has 0 aromatic rings. The molecule has 0 aliphatic carbocycles. The van der Waals surface area contributed by atoms with E-state index in [0.29, 0.717) is 4.43 Å². The molecule has 4 nitrogen and oxygen atoms in total. The maximum Gasteiger partial charge on any atom is 0.157 e. The van der Waals surface area contributed by atoms with Gasteiger partial charge in [-0.15, -0.1) is 0 Å². The van der Waals surface area contributed by atoms with E-state index in [4.69, 9.17) is 14.9 Å². The molecule has 0 aromatic heterocycles. The lowest BCUT2D eigenvalue weighted by atomic mass is 10.0. The molecule has 11 heavy (non-hydrogen) atoms. The molecular formula is C6H11IO4. The SMILES string of the molecule is O[C@@H]1[C@H](O)C[C@@H](O)O[C@@H]1CI. The molecule has 5 heteroatoms. The zero-order chi connectivity index (χ0) is 8.43. The minimum Gasteiger partial charge on any atom is -0.390 e. The molecule has 0 spiro atoms. The van der Waals surface area contributed by atoms with Crippen molar-refractivity contribution in [3.63, 3.8) is 0 Å². The van der Waals surface area contributed by atoms with Gasteiger partial charge in [0.25, 0.3) is 0 Å². The summed E-state index contributed by atoms with van der Waals surface area (Å²) in [6.07, 6.45) is -3.02. The molecule has 0 saturated carbocycles. The first-order valence-corrected chi connectivity index (χ1v) is 4.93. The van der Waals surface area contributed by atoms with Crippen molar-refractivity contribution in [1.82, 2.24) is 0 Å². The standard InChI is InChI=1S/C6H11IO4/c7-2-4-6(10)3(8)1-5(9)11-4/h3-6,8-10H,1-2H2/t3-,4-,5+,6-/m1/s1. The molecule has 3 N–H and O–H groups in total. The number of aliphatic hydroxyl groups excluding tert-OH is 3. The summed E-state index contributed by atoms with van der Waals surface area (Å²) >= 11 is 2.03. The lowest BCUT2D eigenvalue weighted by Gasteiger charge is -2.33. The number of aliphatic hydroxyl groups is 3. The summed E-state index contributed by atoms with van der Waals surface area (Å²) in [6.45, 7) is 0. The summed E-state index contributed by atoms with van der Waals surface area (Å²) in [5.74, 6) is 0. The first-order chi connectivity index (χ1) is 5.15. The third kappa shape index (κ3) is 2.25. The number of alkyl halides is 1. The average Bonchev–Trinajstić information content (AvgIpc) is 1.96. The van der Waals surface area contributed by atoms with E-state index in [1.807, 2.05) is 22.6 Å². The van der Waals surface area contributed by atoms with Crippen LogP contribution in [0.25, 0.3) is 0 Å². The van der Waals surface area contributed by atoms with Crippen molar-refractivity contribution in [2.45, 2.75) is 31.0 Å². The number of hydrogen-bond acceptors (Lipinski definition) is 4. The second-order valence-corrected chi connectivity index (χ2v) is 3.46. The Bertz CT molecular complexity index is 132. The molecule has 4 atom stereocenters. The van der Waals surface area contributed by atoms with E-state index in [9.17, 15) is 5.11 Å². The van der Waals surface area contributed by atoms with Gasteiger partial charge in [0.05, 0.1) is 12.2 Å². The first-order valence-electron chi connectivity index (χ1n) is 3.40. The highest BCUT2D eigenvalue weighted by Gasteiger charge is 2.34. The maximum absolute atomic E-state index is 9.26. The number of rotatable bonds is 1. The molecule has 1 heterocycles. The molecule has 1 aliphatic heterocycles. The zero-order valence-electron chi connectivity index (χ0n) is 5.85. The highest BCUT2D eigenvalue weighted by Crippen LogP contribution is 2.20. The van der Waals surface area contributed by atoms with Crippen LogP contribution in [0, 0.1) is 0 Å². The molecule has 0 unspecified atom stereocenters. The largest absolute Gasteiger partial charge is 0.390 e. The van der Waals surface area contributed by atoms with Crippen LogP contribution in [-0.2, 0) is 4.74 Å². The van der Waals surface area contributed by atoms with Crippen LogP contribution >= 0.6 is 22.6 Å². The van der Waals surface area contributed by atoms with Crippen LogP contribution in [0.4, 0.5) is 0 Å². The van der Waals surface area contributed by atoms with Crippen LogP contribution in [0.2, 0.25) is 0 Å². The Morgan fingerprint density at radius 2 is 2.00 bits per heavy atom. The van der Waals surface area contributed by atoms with E-state index in [2.05, 4.69) is 0 Å². The van der Waals surface area contributed by atoms with Gasteiger partial charge in [-0.1, -0.05) is 22.6 Å². The highest BCUT2D eigenvalue weighted by molar-refractivity contribution is 14.1. The molecule has 1 saturated heterocycles. The van der Waals surface area contributed by atoms with Crippen LogP contribution in [0.5, 0.6) is 0 Å². The van der Waals surface area contributed by atoms with Gasteiger partial charge in [-0.05, 0) is 0 Å². The summed E-state index contributed by atoms with van der Waals surface area (Å²) in [6, 6.07) is 0. The molecule has 66 valence electrons. The van der Waals surface area contributed by atoms with E-state index in [0.717, 1.165) is 0 Å². The van der Waals surface area contributed by atoms with E-state index in [-0.39, 0.29) is 6.42 Å². The zero-order valence-corrected chi connectivity index (χ0v) is 8.01. The molecule has 1 aliphatic rings. The van der Waals surface area contributed by atoms with Crippen molar-refractivity contribution in [2.24, 2.45) is 0 Å². The summed E-state index contributed by atoms with van der Waals surface area (Å²) in [4.78, 5) is 0.